The van der Waals surface area contributed by atoms with Crippen LogP contribution in [-0.4, -0.2) is 111 Å². The second-order valence-corrected chi connectivity index (χ2v) is 14.5. The van der Waals surface area contributed by atoms with Gasteiger partial charge in [0, 0.05) is 39.1 Å². The zero-order chi connectivity index (χ0) is 41.1. The molecule has 54 heavy (non-hydrogen) atoms. The van der Waals surface area contributed by atoms with Crippen molar-refractivity contribution in [1.82, 2.24) is 28.9 Å². The van der Waals surface area contributed by atoms with Crippen LogP contribution >= 0.6 is 0 Å². The molecule has 18 nitrogen and oxygen atoms in total. The number of alkyl halides is 4. The third-order valence-electron chi connectivity index (χ3n) is 7.51. The first kappa shape index (κ1) is 43.3. The van der Waals surface area contributed by atoms with Gasteiger partial charge in [-0.05, 0) is 53.7 Å². The number of amides is 4. The Bertz CT molecular complexity index is 1710. The summed E-state index contributed by atoms with van der Waals surface area (Å²) < 4.78 is 70.1. The molecule has 4 rings (SSSR count). The van der Waals surface area contributed by atoms with E-state index in [2.05, 4.69) is 20.6 Å². The third kappa shape index (κ3) is 10.5. The lowest BCUT2D eigenvalue weighted by molar-refractivity contribution is -0.115. The average Bonchev–Trinajstić information content (AvgIpc) is 3.43. The number of rotatable bonds is 6. The van der Waals surface area contributed by atoms with Crippen LogP contribution in [0.15, 0.2) is 34.1 Å². The van der Waals surface area contributed by atoms with Crippen molar-refractivity contribution in [3.63, 3.8) is 0 Å². The van der Waals surface area contributed by atoms with Gasteiger partial charge in [0.1, 0.15) is 22.8 Å². The van der Waals surface area contributed by atoms with Gasteiger partial charge in [0.05, 0.1) is 25.3 Å². The molecular formula is C32H44F4N8O10. The number of ether oxygens (including phenoxy) is 2. The van der Waals surface area contributed by atoms with E-state index >= 15 is 0 Å². The topological polar surface area (TPSA) is 228 Å². The number of aliphatic hydroxyl groups is 2. The highest BCUT2D eigenvalue weighted by atomic mass is 19.3. The number of nitrogens with zero attached hydrogens (tertiary/aromatic N) is 6. The molecule has 4 heterocycles. The zero-order valence-corrected chi connectivity index (χ0v) is 30.8. The number of nitrogens with one attached hydrogen (secondary N) is 2. The fraction of sp³-hybridized carbons (Fsp3) is 0.625. The van der Waals surface area contributed by atoms with E-state index in [4.69, 9.17) is 9.47 Å². The molecule has 300 valence electrons. The van der Waals surface area contributed by atoms with Crippen molar-refractivity contribution in [3.8, 4) is 0 Å². The van der Waals surface area contributed by atoms with Crippen LogP contribution in [0.4, 0.5) is 38.8 Å². The molecule has 4 amide bonds. The average molecular weight is 777 g/mol. The molecule has 0 saturated carbocycles. The summed E-state index contributed by atoms with van der Waals surface area (Å²) in [6, 6.07) is -0.139. The second-order valence-electron chi connectivity index (χ2n) is 14.5. The Labute approximate surface area is 306 Å². The summed E-state index contributed by atoms with van der Waals surface area (Å²) in [5.74, 6) is -8.19. The van der Waals surface area contributed by atoms with Crippen LogP contribution in [0.3, 0.4) is 0 Å². The number of halogens is 4. The van der Waals surface area contributed by atoms with Gasteiger partial charge in [-0.25, -0.2) is 36.7 Å². The predicted octanol–water partition coefficient (Wildman–Crippen LogP) is 2.67. The second kappa shape index (κ2) is 16.1. The summed E-state index contributed by atoms with van der Waals surface area (Å²) in [5.41, 5.74) is -4.09. The molecule has 4 atom stereocenters. The highest BCUT2D eigenvalue weighted by Gasteiger charge is 2.59. The number of hydrogen-bond acceptors (Lipinski definition) is 12. The Morgan fingerprint density at radius 1 is 0.722 bits per heavy atom. The maximum absolute atomic E-state index is 14.6. The van der Waals surface area contributed by atoms with E-state index < -0.39 is 109 Å². The molecule has 22 heteroatoms. The number of likely N-dealkylation sites (tertiary alicyclic amines) is 2. The maximum Gasteiger partial charge on any atom is 0.412 e. The van der Waals surface area contributed by atoms with Crippen molar-refractivity contribution in [2.24, 2.45) is 0 Å². The molecule has 2 saturated heterocycles. The van der Waals surface area contributed by atoms with Gasteiger partial charge in [0.2, 0.25) is 11.8 Å². The Balaban J connectivity index is 0.000000290. The number of anilines is 2. The molecule has 4 N–H and O–H groups in total. The van der Waals surface area contributed by atoms with E-state index in [0.29, 0.717) is 18.9 Å². The minimum atomic E-state index is -3.51. The van der Waals surface area contributed by atoms with Crippen molar-refractivity contribution in [3.05, 3.63) is 45.5 Å². The standard InChI is InChI=1S/2C16H22F2N4O5/c2*1-9(24)19-11-5-6-21(13(25)20-11)12-16(17,18)7-10(8-23)22(12)14(26)27-15(2,3)4/h2*5-6,10,12,23H,7-8H2,1-4H3,(H,19,20,24,25)/t10-,12+;10-,12-/m00/s1. The molecule has 2 aliphatic heterocycles. The van der Waals surface area contributed by atoms with E-state index in [9.17, 15) is 56.5 Å². The van der Waals surface area contributed by atoms with Gasteiger partial charge in [-0.3, -0.25) is 28.5 Å². The van der Waals surface area contributed by atoms with E-state index in [1.165, 1.54) is 26.0 Å². The van der Waals surface area contributed by atoms with Crippen LogP contribution in [-0.2, 0) is 19.1 Å². The fourth-order valence-corrected chi connectivity index (χ4v) is 5.65. The molecule has 2 aromatic heterocycles. The molecular weight excluding hydrogens is 732 g/mol. The summed E-state index contributed by atoms with van der Waals surface area (Å²) in [6.07, 6.45) is -5.86. The monoisotopic (exact) mass is 776 g/mol. The normalized spacial score (nSPS) is 21.8. The van der Waals surface area contributed by atoms with Gasteiger partial charge in [-0.2, -0.15) is 9.97 Å². The van der Waals surface area contributed by atoms with Crippen LogP contribution in [0.5, 0.6) is 0 Å². The Morgan fingerprint density at radius 2 is 1.04 bits per heavy atom. The number of aliphatic hydroxyl groups excluding tert-OH is 2. The number of hydrogen-bond donors (Lipinski definition) is 4. The molecule has 2 aliphatic rings. The highest BCUT2D eigenvalue weighted by molar-refractivity contribution is 5.87. The fourth-order valence-electron chi connectivity index (χ4n) is 5.65. The van der Waals surface area contributed by atoms with Crippen LogP contribution in [0, 0.1) is 0 Å². The zero-order valence-electron chi connectivity index (χ0n) is 30.8. The summed E-state index contributed by atoms with van der Waals surface area (Å²) in [5, 5.41) is 23.5. The third-order valence-corrected chi connectivity index (χ3v) is 7.51. The maximum atomic E-state index is 14.6. The summed E-state index contributed by atoms with van der Waals surface area (Å²) in [7, 11) is 0. The molecule has 2 fully saturated rings. The number of aromatic nitrogens is 4. The van der Waals surface area contributed by atoms with E-state index in [-0.39, 0.29) is 11.6 Å². The summed E-state index contributed by atoms with van der Waals surface area (Å²) in [4.78, 5) is 80.0. The first-order chi connectivity index (χ1) is 24.7. The molecule has 0 radical (unpaired) electrons. The first-order valence-corrected chi connectivity index (χ1v) is 16.4. The summed E-state index contributed by atoms with van der Waals surface area (Å²) in [6.45, 7) is 10.4. The lowest BCUT2D eigenvalue weighted by Gasteiger charge is -2.33. The predicted molar refractivity (Wildman–Crippen MR) is 181 cm³/mol. The molecule has 0 aromatic carbocycles. The molecule has 0 bridgehead atoms. The largest absolute Gasteiger partial charge is 0.444 e. The first-order valence-electron chi connectivity index (χ1n) is 16.4. The van der Waals surface area contributed by atoms with Crippen LogP contribution in [0.1, 0.15) is 80.6 Å². The van der Waals surface area contributed by atoms with Crippen LogP contribution in [0.25, 0.3) is 0 Å². The van der Waals surface area contributed by atoms with Crippen LogP contribution in [0.2, 0.25) is 0 Å². The number of carbonyl (C=O) groups is 4. The minimum Gasteiger partial charge on any atom is -0.444 e. The lowest BCUT2D eigenvalue weighted by atomic mass is 10.2. The van der Waals surface area contributed by atoms with E-state index in [1.54, 1.807) is 41.5 Å². The van der Waals surface area contributed by atoms with E-state index in [1.807, 2.05) is 0 Å². The van der Waals surface area contributed by atoms with Crippen molar-refractivity contribution < 1.29 is 56.4 Å². The smallest absolute Gasteiger partial charge is 0.412 e. The molecule has 0 spiro atoms. The summed E-state index contributed by atoms with van der Waals surface area (Å²) >= 11 is 0. The van der Waals surface area contributed by atoms with Crippen LogP contribution < -0.4 is 22.0 Å². The molecule has 0 unspecified atom stereocenters. The molecule has 2 aromatic rings. The lowest BCUT2D eigenvalue weighted by Crippen LogP contribution is -2.48. The van der Waals surface area contributed by atoms with Gasteiger partial charge < -0.3 is 30.3 Å². The SMILES string of the molecule is CC(=O)Nc1ccn([C@@H]2N(C(=O)OC(C)(C)C)[C@H](CO)CC2(F)F)c(=O)n1.CC(=O)Nc1ccn([C@H]2N(C(=O)OC(C)(C)C)[C@H](CO)CC2(F)F)c(=O)n1. The van der Waals surface area contributed by atoms with Gasteiger partial charge in [-0.1, -0.05) is 0 Å². The van der Waals surface area contributed by atoms with Crippen molar-refractivity contribution in [2.75, 3.05) is 23.8 Å². The Morgan fingerprint density at radius 3 is 1.28 bits per heavy atom. The van der Waals surface area contributed by atoms with E-state index in [0.717, 1.165) is 12.4 Å². The highest BCUT2D eigenvalue weighted by Crippen LogP contribution is 2.46. The number of carbonyl (C=O) groups excluding carboxylic acids is 4. The molecule has 0 aliphatic carbocycles. The van der Waals surface area contributed by atoms with Crippen molar-refractivity contribution >= 4 is 35.6 Å². The Kier molecular flexibility index (Phi) is 12.9. The Hall–Kier alpha value is -5.12. The van der Waals surface area contributed by atoms with Gasteiger partial charge in [0.15, 0.2) is 12.3 Å². The quantitative estimate of drug-likeness (QED) is 0.311. The van der Waals surface area contributed by atoms with Gasteiger partial charge >= 0.3 is 23.6 Å². The van der Waals surface area contributed by atoms with Crippen molar-refractivity contribution in [2.45, 2.75) is 116 Å². The van der Waals surface area contributed by atoms with Gasteiger partial charge in [-0.15, -0.1) is 0 Å². The minimum absolute atomic E-state index is 0.104. The van der Waals surface area contributed by atoms with Gasteiger partial charge in [0.25, 0.3) is 11.8 Å². The van der Waals surface area contributed by atoms with Crippen molar-refractivity contribution in [1.29, 1.82) is 0 Å².